The van der Waals surface area contributed by atoms with E-state index < -0.39 is 0 Å². The lowest BCUT2D eigenvalue weighted by Crippen LogP contribution is -2.02. The Bertz CT molecular complexity index is 303. The molecule has 0 aliphatic carbocycles. The first-order chi connectivity index (χ1) is 10.7. The summed E-state index contributed by atoms with van der Waals surface area (Å²) < 4.78 is 2.06. The highest BCUT2D eigenvalue weighted by molar-refractivity contribution is 7.77. The van der Waals surface area contributed by atoms with Crippen LogP contribution >= 0.6 is 12.8 Å². The SMILES string of the molecule is C=C(CC)c1ccccc1.CC.CC.CC.SN1CCCC1. The molecule has 0 radical (unpaired) electrons. The molecule has 2 heteroatoms. The van der Waals surface area contributed by atoms with Crippen molar-refractivity contribution in [3.63, 3.8) is 0 Å². The first kappa shape index (κ1) is 26.2. The lowest BCUT2D eigenvalue weighted by molar-refractivity contribution is 0.595. The number of thiol groups is 1. The number of benzene rings is 1. The van der Waals surface area contributed by atoms with Crippen LogP contribution < -0.4 is 0 Å². The maximum absolute atomic E-state index is 4.13. The lowest BCUT2D eigenvalue weighted by atomic mass is 10.1. The number of hydrogen-bond acceptors (Lipinski definition) is 2. The maximum Gasteiger partial charge on any atom is 0.00874 e. The van der Waals surface area contributed by atoms with Crippen molar-refractivity contribution in [2.45, 2.75) is 67.7 Å². The molecular formula is C20H39NS. The largest absolute Gasteiger partial charge is 0.253 e. The summed E-state index contributed by atoms with van der Waals surface area (Å²) in [6, 6.07) is 10.3. The molecule has 1 aromatic rings. The Balaban J connectivity index is -0.000000258. The van der Waals surface area contributed by atoms with Crippen LogP contribution in [0.2, 0.25) is 0 Å². The molecule has 0 saturated carbocycles. The van der Waals surface area contributed by atoms with Crippen LogP contribution in [0, 0.1) is 0 Å². The molecule has 130 valence electrons. The highest BCUT2D eigenvalue weighted by atomic mass is 32.1. The van der Waals surface area contributed by atoms with Crippen molar-refractivity contribution < 1.29 is 0 Å². The van der Waals surface area contributed by atoms with Gasteiger partial charge in [0.05, 0.1) is 0 Å². The van der Waals surface area contributed by atoms with Crippen molar-refractivity contribution in [3.05, 3.63) is 42.5 Å². The summed E-state index contributed by atoms with van der Waals surface area (Å²) in [5.74, 6) is 0. The van der Waals surface area contributed by atoms with Crippen LogP contribution in [0.5, 0.6) is 0 Å². The zero-order chi connectivity index (χ0) is 17.8. The predicted octanol–water partition coefficient (Wildman–Crippen LogP) is 7.12. The van der Waals surface area contributed by atoms with Crippen molar-refractivity contribution in [1.29, 1.82) is 0 Å². The molecule has 2 rings (SSSR count). The van der Waals surface area contributed by atoms with Gasteiger partial charge in [-0.15, -0.1) is 0 Å². The second kappa shape index (κ2) is 22.5. The first-order valence-corrected chi connectivity index (χ1v) is 9.31. The third-order valence-corrected chi connectivity index (χ3v) is 3.09. The summed E-state index contributed by atoms with van der Waals surface area (Å²) >= 11 is 4.13. The van der Waals surface area contributed by atoms with Crippen LogP contribution in [0.1, 0.15) is 73.3 Å². The fourth-order valence-corrected chi connectivity index (χ4v) is 1.86. The van der Waals surface area contributed by atoms with E-state index in [0.717, 1.165) is 6.42 Å². The molecular weight excluding hydrogens is 286 g/mol. The van der Waals surface area contributed by atoms with E-state index in [-0.39, 0.29) is 0 Å². The summed E-state index contributed by atoms with van der Waals surface area (Å²) in [5, 5.41) is 0. The molecule has 1 saturated heterocycles. The fraction of sp³-hybridized carbons (Fsp3) is 0.600. The van der Waals surface area contributed by atoms with E-state index in [1.54, 1.807) is 0 Å². The van der Waals surface area contributed by atoms with Gasteiger partial charge in [-0.2, -0.15) is 0 Å². The van der Waals surface area contributed by atoms with Gasteiger partial charge in [-0.05, 0) is 30.4 Å². The molecule has 1 aliphatic rings. The number of allylic oxidation sites excluding steroid dienone is 1. The molecule has 0 bridgehead atoms. The standard InChI is InChI=1S/C10H12.C4H9NS.3C2H6/c1-3-9(2)10-7-5-4-6-8-10;6-5-3-1-2-4-5;3*1-2/h4-8H,2-3H2,1H3;6H,1-4H2;3*1-2H3. The monoisotopic (exact) mass is 325 g/mol. The van der Waals surface area contributed by atoms with Crippen LogP contribution in [0.15, 0.2) is 36.9 Å². The van der Waals surface area contributed by atoms with E-state index in [9.17, 15) is 0 Å². The minimum absolute atomic E-state index is 1.03. The Morgan fingerprint density at radius 2 is 1.36 bits per heavy atom. The zero-order valence-electron chi connectivity index (χ0n) is 16.0. The van der Waals surface area contributed by atoms with Gasteiger partial charge in [0.1, 0.15) is 0 Å². The predicted molar refractivity (Wildman–Crippen MR) is 110 cm³/mol. The van der Waals surface area contributed by atoms with E-state index in [2.05, 4.69) is 42.8 Å². The van der Waals surface area contributed by atoms with E-state index >= 15 is 0 Å². The molecule has 1 aromatic carbocycles. The summed E-state index contributed by atoms with van der Waals surface area (Å²) in [5.41, 5.74) is 2.46. The molecule has 1 nitrogen and oxygen atoms in total. The third-order valence-electron chi connectivity index (χ3n) is 2.69. The Kier molecular flexibility index (Phi) is 26.8. The Morgan fingerprint density at radius 3 is 1.64 bits per heavy atom. The molecule has 1 aliphatic heterocycles. The smallest absolute Gasteiger partial charge is 0.00874 e. The number of nitrogens with zero attached hydrogens (tertiary/aromatic N) is 1. The fourth-order valence-electron chi connectivity index (χ4n) is 1.58. The third kappa shape index (κ3) is 15.7. The molecule has 0 unspecified atom stereocenters. The van der Waals surface area contributed by atoms with Crippen LogP contribution in [-0.4, -0.2) is 17.4 Å². The topological polar surface area (TPSA) is 3.24 Å². The van der Waals surface area contributed by atoms with Gasteiger partial charge < -0.3 is 0 Å². The molecule has 0 spiro atoms. The summed E-state index contributed by atoms with van der Waals surface area (Å²) in [4.78, 5) is 0. The molecule has 0 aromatic heterocycles. The minimum atomic E-state index is 1.03. The van der Waals surface area contributed by atoms with Gasteiger partial charge in [-0.1, -0.05) is 98.2 Å². The first-order valence-electron chi connectivity index (χ1n) is 8.91. The minimum Gasteiger partial charge on any atom is -0.253 e. The maximum atomic E-state index is 4.13. The molecule has 0 amide bonds. The van der Waals surface area contributed by atoms with Gasteiger partial charge in [0.25, 0.3) is 0 Å². The van der Waals surface area contributed by atoms with E-state index in [0.29, 0.717) is 0 Å². The molecule has 1 fully saturated rings. The molecule has 22 heavy (non-hydrogen) atoms. The van der Waals surface area contributed by atoms with Crippen LogP contribution in [0.25, 0.3) is 5.57 Å². The number of rotatable bonds is 2. The Labute approximate surface area is 146 Å². The molecule has 0 N–H and O–H groups in total. The van der Waals surface area contributed by atoms with Crippen LogP contribution in [0.3, 0.4) is 0 Å². The lowest BCUT2D eigenvalue weighted by Gasteiger charge is -1.99. The van der Waals surface area contributed by atoms with E-state index in [1.807, 2.05) is 59.7 Å². The quantitative estimate of drug-likeness (QED) is 0.567. The summed E-state index contributed by atoms with van der Waals surface area (Å²) in [6.07, 6.45) is 3.71. The summed E-state index contributed by atoms with van der Waals surface area (Å²) in [6.45, 7) is 20.4. The highest BCUT2D eigenvalue weighted by Gasteiger charge is 2.04. The zero-order valence-corrected chi connectivity index (χ0v) is 16.9. The average Bonchev–Trinajstić information content (AvgIpc) is 3.12. The second-order valence-electron chi connectivity index (χ2n) is 3.98. The van der Waals surface area contributed by atoms with Gasteiger partial charge in [0.15, 0.2) is 0 Å². The van der Waals surface area contributed by atoms with Crippen molar-refractivity contribution in [1.82, 2.24) is 4.31 Å². The van der Waals surface area contributed by atoms with Crippen molar-refractivity contribution in [3.8, 4) is 0 Å². The van der Waals surface area contributed by atoms with Crippen LogP contribution in [-0.2, 0) is 0 Å². The highest BCUT2D eigenvalue weighted by Crippen LogP contribution is 2.13. The molecule has 1 heterocycles. The van der Waals surface area contributed by atoms with Gasteiger partial charge in [-0.3, -0.25) is 4.31 Å². The van der Waals surface area contributed by atoms with Gasteiger partial charge in [0, 0.05) is 13.1 Å². The Hall–Kier alpha value is -0.730. The average molecular weight is 326 g/mol. The van der Waals surface area contributed by atoms with Gasteiger partial charge >= 0.3 is 0 Å². The van der Waals surface area contributed by atoms with E-state index in [4.69, 9.17) is 0 Å². The normalized spacial score (nSPS) is 12.0. The Morgan fingerprint density at radius 1 is 0.955 bits per heavy atom. The van der Waals surface area contributed by atoms with Crippen molar-refractivity contribution in [2.75, 3.05) is 13.1 Å². The molecule has 0 atom stereocenters. The van der Waals surface area contributed by atoms with Gasteiger partial charge in [0.2, 0.25) is 0 Å². The van der Waals surface area contributed by atoms with E-state index in [1.165, 1.54) is 37.1 Å². The summed E-state index contributed by atoms with van der Waals surface area (Å²) in [7, 11) is 0. The van der Waals surface area contributed by atoms with Crippen molar-refractivity contribution in [2.24, 2.45) is 0 Å². The van der Waals surface area contributed by atoms with Crippen molar-refractivity contribution >= 4 is 18.4 Å². The van der Waals surface area contributed by atoms with Gasteiger partial charge in [-0.25, -0.2) is 0 Å². The van der Waals surface area contributed by atoms with Crippen LogP contribution in [0.4, 0.5) is 0 Å². The second-order valence-corrected chi connectivity index (χ2v) is 4.55. The number of hydrogen-bond donors (Lipinski definition) is 1.